The Kier molecular flexibility index (Phi) is 6.29. The van der Waals surface area contributed by atoms with Gasteiger partial charge >= 0.3 is 5.97 Å². The molecule has 1 aromatic rings. The number of pyridine rings is 1. The highest BCUT2D eigenvalue weighted by Crippen LogP contribution is 2.15. The monoisotopic (exact) mass is 266 g/mol. The Hall–Kier alpha value is -1.62. The number of carbonyl (C=O) groups is 1. The number of ether oxygens (including phenoxy) is 2. The maximum atomic E-state index is 11.3. The molecule has 0 spiro atoms. The number of methoxy groups -OCH3 is 1. The Balaban J connectivity index is 2.51. The molecule has 106 valence electrons. The van der Waals surface area contributed by atoms with Gasteiger partial charge in [0.15, 0.2) is 0 Å². The summed E-state index contributed by atoms with van der Waals surface area (Å²) >= 11 is 0. The molecule has 1 unspecified atom stereocenters. The van der Waals surface area contributed by atoms with Crippen molar-refractivity contribution in [3.63, 3.8) is 0 Å². The van der Waals surface area contributed by atoms with Gasteiger partial charge in [0, 0.05) is 24.8 Å². The van der Waals surface area contributed by atoms with Crippen molar-refractivity contribution in [2.45, 2.75) is 33.4 Å². The second-order valence-electron chi connectivity index (χ2n) is 4.69. The smallest absolute Gasteiger partial charge is 0.309 e. The zero-order chi connectivity index (χ0) is 14.3. The predicted molar refractivity (Wildman–Crippen MR) is 72.9 cm³/mol. The van der Waals surface area contributed by atoms with Gasteiger partial charge in [-0.1, -0.05) is 13.0 Å². The zero-order valence-corrected chi connectivity index (χ0v) is 12.0. The standard InChI is InChI=1S/C14H22N2O3/c1-10(2)19-13-12(6-5-7-16-13)9-15-8-11(3)14(17)18-4/h5-7,10-11,15H,8-9H2,1-4H3. The Morgan fingerprint density at radius 2 is 2.16 bits per heavy atom. The molecule has 0 aliphatic carbocycles. The van der Waals surface area contributed by atoms with E-state index in [4.69, 9.17) is 4.74 Å². The quantitative estimate of drug-likeness (QED) is 0.762. The van der Waals surface area contributed by atoms with E-state index in [1.165, 1.54) is 7.11 Å². The SMILES string of the molecule is COC(=O)C(C)CNCc1cccnc1OC(C)C. The van der Waals surface area contributed by atoms with Gasteiger partial charge in [0.25, 0.3) is 0 Å². The van der Waals surface area contributed by atoms with E-state index in [0.717, 1.165) is 5.56 Å². The second-order valence-corrected chi connectivity index (χ2v) is 4.69. The van der Waals surface area contributed by atoms with Crippen molar-refractivity contribution in [1.29, 1.82) is 0 Å². The first-order valence-electron chi connectivity index (χ1n) is 6.43. The molecule has 1 aromatic heterocycles. The number of hydrogen-bond acceptors (Lipinski definition) is 5. The van der Waals surface area contributed by atoms with E-state index in [1.54, 1.807) is 6.20 Å². The third-order valence-electron chi connectivity index (χ3n) is 2.57. The van der Waals surface area contributed by atoms with Crippen LogP contribution >= 0.6 is 0 Å². The fraction of sp³-hybridized carbons (Fsp3) is 0.571. The predicted octanol–water partition coefficient (Wildman–Crippen LogP) is 1.77. The molecule has 1 rings (SSSR count). The first-order chi connectivity index (χ1) is 9.04. The number of hydrogen-bond donors (Lipinski definition) is 1. The van der Waals surface area contributed by atoms with Crippen LogP contribution in [0.3, 0.4) is 0 Å². The summed E-state index contributed by atoms with van der Waals surface area (Å²) in [6, 6.07) is 3.83. The minimum atomic E-state index is -0.211. The minimum absolute atomic E-state index is 0.0858. The molecular formula is C14H22N2O3. The highest BCUT2D eigenvalue weighted by atomic mass is 16.5. The minimum Gasteiger partial charge on any atom is -0.475 e. The number of nitrogens with zero attached hydrogens (tertiary/aromatic N) is 1. The van der Waals surface area contributed by atoms with Gasteiger partial charge in [-0.05, 0) is 19.9 Å². The second kappa shape index (κ2) is 7.74. The molecule has 5 nitrogen and oxygen atoms in total. The maximum Gasteiger partial charge on any atom is 0.309 e. The van der Waals surface area contributed by atoms with Crippen molar-refractivity contribution in [3.05, 3.63) is 23.9 Å². The van der Waals surface area contributed by atoms with Crippen LogP contribution in [0.4, 0.5) is 0 Å². The van der Waals surface area contributed by atoms with Gasteiger partial charge in [-0.25, -0.2) is 4.98 Å². The van der Waals surface area contributed by atoms with Crippen molar-refractivity contribution < 1.29 is 14.3 Å². The van der Waals surface area contributed by atoms with Crippen LogP contribution in [-0.4, -0.2) is 30.7 Å². The van der Waals surface area contributed by atoms with Crippen LogP contribution in [0.15, 0.2) is 18.3 Å². The topological polar surface area (TPSA) is 60.5 Å². The lowest BCUT2D eigenvalue weighted by Crippen LogP contribution is -2.27. The molecule has 1 N–H and O–H groups in total. The number of nitrogens with one attached hydrogen (secondary N) is 1. The molecule has 5 heteroatoms. The van der Waals surface area contributed by atoms with Crippen molar-refractivity contribution in [2.75, 3.05) is 13.7 Å². The fourth-order valence-electron chi connectivity index (χ4n) is 1.60. The van der Waals surface area contributed by atoms with Crippen LogP contribution in [0.25, 0.3) is 0 Å². The van der Waals surface area contributed by atoms with Gasteiger partial charge in [0.2, 0.25) is 5.88 Å². The number of esters is 1. The number of aromatic nitrogens is 1. The first-order valence-corrected chi connectivity index (χ1v) is 6.43. The van der Waals surface area contributed by atoms with Gasteiger partial charge in [-0.15, -0.1) is 0 Å². The number of carbonyl (C=O) groups excluding carboxylic acids is 1. The summed E-state index contributed by atoms with van der Waals surface area (Å²) in [6.45, 7) is 6.92. The van der Waals surface area contributed by atoms with Gasteiger partial charge in [0.1, 0.15) is 0 Å². The number of rotatable bonds is 7. The van der Waals surface area contributed by atoms with E-state index in [2.05, 4.69) is 15.0 Å². The van der Waals surface area contributed by atoms with E-state index in [0.29, 0.717) is 19.0 Å². The van der Waals surface area contributed by atoms with Crippen LogP contribution in [0, 0.1) is 5.92 Å². The van der Waals surface area contributed by atoms with E-state index in [-0.39, 0.29) is 18.0 Å². The molecule has 19 heavy (non-hydrogen) atoms. The van der Waals surface area contributed by atoms with Crippen molar-refractivity contribution in [1.82, 2.24) is 10.3 Å². The summed E-state index contributed by atoms with van der Waals surface area (Å²) in [5.41, 5.74) is 0.980. The lowest BCUT2D eigenvalue weighted by atomic mass is 10.2. The molecule has 0 bridgehead atoms. The van der Waals surface area contributed by atoms with Crippen LogP contribution in [0.2, 0.25) is 0 Å². The van der Waals surface area contributed by atoms with Crippen molar-refractivity contribution >= 4 is 5.97 Å². The molecule has 0 aliphatic heterocycles. The summed E-state index contributed by atoms with van der Waals surface area (Å²) in [7, 11) is 1.40. The third kappa shape index (κ3) is 5.26. The lowest BCUT2D eigenvalue weighted by Gasteiger charge is -2.14. The van der Waals surface area contributed by atoms with E-state index >= 15 is 0 Å². The molecule has 0 radical (unpaired) electrons. The Bertz CT molecular complexity index is 407. The van der Waals surface area contributed by atoms with Gasteiger partial charge in [0.05, 0.1) is 19.1 Å². The van der Waals surface area contributed by atoms with E-state index < -0.39 is 0 Å². The largest absolute Gasteiger partial charge is 0.475 e. The molecule has 0 aromatic carbocycles. The summed E-state index contributed by atoms with van der Waals surface area (Å²) in [5.74, 6) is 0.254. The van der Waals surface area contributed by atoms with Crippen LogP contribution in [-0.2, 0) is 16.1 Å². The molecule has 0 saturated heterocycles. The average molecular weight is 266 g/mol. The molecule has 0 amide bonds. The van der Waals surface area contributed by atoms with E-state index in [9.17, 15) is 4.79 Å². The Labute approximate surface area is 114 Å². The van der Waals surface area contributed by atoms with Gasteiger partial charge in [-0.2, -0.15) is 0 Å². The normalized spacial score (nSPS) is 12.3. The van der Waals surface area contributed by atoms with Crippen LogP contribution in [0.5, 0.6) is 5.88 Å². The van der Waals surface area contributed by atoms with Crippen molar-refractivity contribution in [2.24, 2.45) is 5.92 Å². The summed E-state index contributed by atoms with van der Waals surface area (Å²) in [5, 5.41) is 3.21. The molecule has 0 fully saturated rings. The zero-order valence-electron chi connectivity index (χ0n) is 12.0. The maximum absolute atomic E-state index is 11.3. The average Bonchev–Trinajstić information content (AvgIpc) is 2.39. The highest BCUT2D eigenvalue weighted by molar-refractivity contribution is 5.72. The van der Waals surface area contributed by atoms with Gasteiger partial charge < -0.3 is 14.8 Å². The summed E-state index contributed by atoms with van der Waals surface area (Å²) in [4.78, 5) is 15.5. The summed E-state index contributed by atoms with van der Waals surface area (Å²) < 4.78 is 10.3. The molecule has 1 atom stereocenters. The third-order valence-corrected chi connectivity index (χ3v) is 2.57. The first kappa shape index (κ1) is 15.4. The lowest BCUT2D eigenvalue weighted by molar-refractivity contribution is -0.144. The van der Waals surface area contributed by atoms with Crippen LogP contribution in [0.1, 0.15) is 26.3 Å². The van der Waals surface area contributed by atoms with Crippen molar-refractivity contribution in [3.8, 4) is 5.88 Å². The molecule has 0 saturated carbocycles. The van der Waals surface area contributed by atoms with E-state index in [1.807, 2.05) is 32.9 Å². The Morgan fingerprint density at radius 3 is 2.79 bits per heavy atom. The molecule has 1 heterocycles. The Morgan fingerprint density at radius 1 is 1.42 bits per heavy atom. The fourth-order valence-corrected chi connectivity index (χ4v) is 1.60. The van der Waals surface area contributed by atoms with Crippen LogP contribution < -0.4 is 10.1 Å². The molecule has 0 aliphatic rings. The highest BCUT2D eigenvalue weighted by Gasteiger charge is 2.13. The summed E-state index contributed by atoms with van der Waals surface area (Å²) in [6.07, 6.45) is 1.79. The molecular weight excluding hydrogens is 244 g/mol. The van der Waals surface area contributed by atoms with Gasteiger partial charge in [-0.3, -0.25) is 4.79 Å².